The third-order valence-electron chi connectivity index (χ3n) is 4.16. The van der Waals surface area contributed by atoms with Crippen LogP contribution in [0.25, 0.3) is 0 Å². The van der Waals surface area contributed by atoms with Gasteiger partial charge in [-0.1, -0.05) is 18.2 Å². The van der Waals surface area contributed by atoms with E-state index < -0.39 is 11.5 Å². The molecule has 0 atom stereocenters. The third kappa shape index (κ3) is 4.24. The van der Waals surface area contributed by atoms with E-state index in [-0.39, 0.29) is 12.1 Å². The number of aromatic nitrogens is 2. The molecule has 140 valence electrons. The number of benzene rings is 2. The number of nitrogens with zero attached hydrogens (tertiary/aromatic N) is 3. The van der Waals surface area contributed by atoms with E-state index in [0.29, 0.717) is 28.4 Å². The van der Waals surface area contributed by atoms with Crippen LogP contribution in [0.5, 0.6) is 11.5 Å². The van der Waals surface area contributed by atoms with Crippen molar-refractivity contribution in [1.29, 1.82) is 5.26 Å². The summed E-state index contributed by atoms with van der Waals surface area (Å²) in [7, 11) is 0. The van der Waals surface area contributed by atoms with Gasteiger partial charge in [0.15, 0.2) is 0 Å². The van der Waals surface area contributed by atoms with Crippen LogP contribution in [0, 0.1) is 25.2 Å². The van der Waals surface area contributed by atoms with Gasteiger partial charge >= 0.3 is 0 Å². The summed E-state index contributed by atoms with van der Waals surface area (Å²) in [6.45, 7) is 3.07. The monoisotopic (exact) mass is 374 g/mol. The second-order valence-electron chi connectivity index (χ2n) is 6.15. The van der Waals surface area contributed by atoms with E-state index in [4.69, 9.17) is 10.00 Å². The second kappa shape index (κ2) is 8.18. The van der Waals surface area contributed by atoms with Gasteiger partial charge in [0.1, 0.15) is 29.7 Å². The van der Waals surface area contributed by atoms with Crippen molar-refractivity contribution < 1.29 is 9.53 Å². The molecule has 1 aromatic heterocycles. The van der Waals surface area contributed by atoms with Crippen LogP contribution < -0.4 is 15.6 Å². The number of anilines is 1. The maximum Gasteiger partial charge on any atom is 0.285 e. The number of carbonyl (C=O) groups excluding carboxylic acids is 1. The predicted molar refractivity (Wildman–Crippen MR) is 104 cm³/mol. The molecule has 0 aliphatic rings. The Morgan fingerprint density at radius 1 is 1.11 bits per heavy atom. The second-order valence-corrected chi connectivity index (χ2v) is 6.15. The Hall–Kier alpha value is -3.92. The molecule has 0 unspecified atom stereocenters. The van der Waals surface area contributed by atoms with Gasteiger partial charge in [-0.05, 0) is 55.8 Å². The number of para-hydroxylation sites is 1. The van der Waals surface area contributed by atoms with E-state index in [0.717, 1.165) is 4.68 Å². The molecule has 0 aliphatic carbocycles. The van der Waals surface area contributed by atoms with Crippen LogP contribution in [0.4, 0.5) is 5.69 Å². The lowest BCUT2D eigenvalue weighted by Gasteiger charge is -2.10. The minimum atomic E-state index is -0.577. The van der Waals surface area contributed by atoms with Crippen LogP contribution in [0.15, 0.2) is 59.4 Å². The van der Waals surface area contributed by atoms with Crippen LogP contribution in [-0.2, 0) is 11.3 Å². The number of hydrogen-bond donors (Lipinski definition) is 1. The van der Waals surface area contributed by atoms with E-state index in [2.05, 4.69) is 10.4 Å². The van der Waals surface area contributed by atoms with Gasteiger partial charge in [-0.15, -0.1) is 0 Å². The van der Waals surface area contributed by atoms with Crippen molar-refractivity contribution in [3.63, 3.8) is 0 Å². The van der Waals surface area contributed by atoms with Gasteiger partial charge in [0, 0.05) is 5.69 Å². The highest BCUT2D eigenvalue weighted by molar-refractivity contribution is 5.90. The topological polar surface area (TPSA) is 97.0 Å². The number of hydrogen-bond acceptors (Lipinski definition) is 5. The molecule has 0 aliphatic heterocycles. The Morgan fingerprint density at radius 2 is 1.75 bits per heavy atom. The van der Waals surface area contributed by atoms with Gasteiger partial charge < -0.3 is 10.1 Å². The van der Waals surface area contributed by atoms with E-state index >= 15 is 0 Å². The average Bonchev–Trinajstić information content (AvgIpc) is 2.69. The molecule has 1 amide bonds. The van der Waals surface area contributed by atoms with E-state index in [9.17, 15) is 9.59 Å². The number of ether oxygens (including phenoxy) is 1. The number of nitrogens with one attached hydrogen (secondary N) is 1. The quantitative estimate of drug-likeness (QED) is 0.740. The van der Waals surface area contributed by atoms with Crippen molar-refractivity contribution in [3.8, 4) is 17.6 Å². The summed E-state index contributed by atoms with van der Waals surface area (Å²) in [6.07, 6.45) is 0. The molecule has 2 aromatic carbocycles. The van der Waals surface area contributed by atoms with Crippen molar-refractivity contribution in [3.05, 3.63) is 81.8 Å². The van der Waals surface area contributed by atoms with Crippen molar-refractivity contribution in [2.24, 2.45) is 0 Å². The van der Waals surface area contributed by atoms with Crippen molar-refractivity contribution >= 4 is 11.6 Å². The zero-order chi connectivity index (χ0) is 20.1. The SMILES string of the molecule is Cc1nn(CC(=O)Nc2ccc(Oc3ccccc3)cc2)c(=O)c(C#N)c1C. The Bertz CT molecular complexity index is 1100. The first-order valence-corrected chi connectivity index (χ1v) is 8.59. The Kier molecular flexibility index (Phi) is 5.51. The lowest BCUT2D eigenvalue weighted by atomic mass is 10.1. The molecule has 0 saturated carbocycles. The van der Waals surface area contributed by atoms with Gasteiger partial charge in [0.25, 0.3) is 5.56 Å². The summed E-state index contributed by atoms with van der Waals surface area (Å²) in [4.78, 5) is 24.5. The molecule has 7 nitrogen and oxygen atoms in total. The molecule has 0 spiro atoms. The summed E-state index contributed by atoms with van der Waals surface area (Å²) in [5.41, 5.74) is 1.04. The fourth-order valence-electron chi connectivity index (χ4n) is 2.58. The maximum absolute atomic E-state index is 12.3. The van der Waals surface area contributed by atoms with Crippen molar-refractivity contribution in [2.75, 3.05) is 5.32 Å². The molecule has 3 aromatic rings. The number of amides is 1. The van der Waals surface area contributed by atoms with Crippen LogP contribution in [0.2, 0.25) is 0 Å². The van der Waals surface area contributed by atoms with Crippen molar-refractivity contribution in [2.45, 2.75) is 20.4 Å². The number of aryl methyl sites for hydroxylation is 1. The molecule has 0 fully saturated rings. The zero-order valence-corrected chi connectivity index (χ0v) is 15.5. The van der Waals surface area contributed by atoms with Crippen LogP contribution in [-0.4, -0.2) is 15.7 Å². The van der Waals surface area contributed by atoms with Crippen LogP contribution in [0.1, 0.15) is 16.8 Å². The number of carbonyl (C=O) groups is 1. The maximum atomic E-state index is 12.3. The average molecular weight is 374 g/mol. The van der Waals surface area contributed by atoms with Gasteiger partial charge in [-0.25, -0.2) is 4.68 Å². The smallest absolute Gasteiger partial charge is 0.285 e. The minimum absolute atomic E-state index is 0.00251. The molecule has 28 heavy (non-hydrogen) atoms. The summed E-state index contributed by atoms with van der Waals surface area (Å²) in [5.74, 6) is 0.932. The molecule has 1 heterocycles. The third-order valence-corrected chi connectivity index (χ3v) is 4.16. The summed E-state index contributed by atoms with van der Waals surface area (Å²) >= 11 is 0. The summed E-state index contributed by atoms with van der Waals surface area (Å²) in [5, 5.41) is 15.9. The van der Waals surface area contributed by atoms with Gasteiger partial charge in [-0.3, -0.25) is 9.59 Å². The van der Waals surface area contributed by atoms with Gasteiger partial charge in [0.2, 0.25) is 5.91 Å². The number of rotatable bonds is 5. The molecule has 7 heteroatoms. The highest BCUT2D eigenvalue weighted by Crippen LogP contribution is 2.22. The highest BCUT2D eigenvalue weighted by Gasteiger charge is 2.14. The van der Waals surface area contributed by atoms with E-state index in [1.54, 1.807) is 38.1 Å². The highest BCUT2D eigenvalue weighted by atomic mass is 16.5. The fraction of sp³-hybridized carbons (Fsp3) is 0.143. The first-order valence-electron chi connectivity index (χ1n) is 8.59. The molecular weight excluding hydrogens is 356 g/mol. The molecule has 0 saturated heterocycles. The molecule has 1 N–H and O–H groups in total. The van der Waals surface area contributed by atoms with E-state index in [1.807, 2.05) is 36.4 Å². The normalized spacial score (nSPS) is 10.2. The summed E-state index contributed by atoms with van der Waals surface area (Å²) < 4.78 is 6.70. The predicted octanol–water partition coefficient (Wildman–Crippen LogP) is 3.16. The van der Waals surface area contributed by atoms with Crippen LogP contribution in [0.3, 0.4) is 0 Å². The van der Waals surface area contributed by atoms with Crippen LogP contribution >= 0.6 is 0 Å². The Morgan fingerprint density at radius 3 is 2.39 bits per heavy atom. The lowest BCUT2D eigenvalue weighted by Crippen LogP contribution is -2.32. The molecular formula is C21H18N4O3. The Balaban J connectivity index is 1.68. The van der Waals surface area contributed by atoms with Gasteiger partial charge in [-0.2, -0.15) is 10.4 Å². The van der Waals surface area contributed by atoms with Gasteiger partial charge in [0.05, 0.1) is 5.69 Å². The first kappa shape index (κ1) is 18.9. The van der Waals surface area contributed by atoms with Crippen molar-refractivity contribution in [1.82, 2.24) is 9.78 Å². The largest absolute Gasteiger partial charge is 0.457 e. The zero-order valence-electron chi connectivity index (χ0n) is 15.5. The molecule has 0 bridgehead atoms. The Labute approximate surface area is 161 Å². The van der Waals surface area contributed by atoms with E-state index in [1.165, 1.54) is 0 Å². The molecule has 3 rings (SSSR count). The summed E-state index contributed by atoms with van der Waals surface area (Å²) in [6, 6.07) is 18.1. The molecule has 0 radical (unpaired) electrons. The minimum Gasteiger partial charge on any atom is -0.457 e. The number of nitriles is 1. The first-order chi connectivity index (χ1) is 13.5. The fourth-order valence-corrected chi connectivity index (χ4v) is 2.58. The lowest BCUT2D eigenvalue weighted by molar-refractivity contribution is -0.117. The standard InChI is InChI=1S/C21H18N4O3/c1-14-15(2)24-25(21(27)19(14)12-22)13-20(26)23-16-8-10-18(11-9-16)28-17-6-4-3-5-7-17/h3-11H,13H2,1-2H3,(H,23,26).